The Labute approximate surface area is 158 Å². The molecule has 2 aromatic carbocycles. The molecule has 7 nitrogen and oxygen atoms in total. The smallest absolute Gasteiger partial charge is 0.270 e. The van der Waals surface area contributed by atoms with Crippen LogP contribution in [-0.2, 0) is 6.54 Å². The Morgan fingerprint density at radius 2 is 1.81 bits per heavy atom. The van der Waals surface area contributed by atoms with Crippen LogP contribution in [-0.4, -0.2) is 56.0 Å². The molecule has 7 heteroatoms. The summed E-state index contributed by atoms with van der Waals surface area (Å²) in [7, 11) is 3.67. The van der Waals surface area contributed by atoms with E-state index in [1.807, 2.05) is 37.2 Å². The molecule has 0 saturated carbocycles. The standard InChI is InChI=1S/C20H24N4O3/c1-21(2)19-9-8-17(24(26)27)14-18(19)20(25)23-12-10-22(11-13-23)15-16-6-4-3-5-7-16/h3-9,14H,10-13,15H2,1-2H3/p+1. The van der Waals surface area contributed by atoms with Crippen LogP contribution >= 0.6 is 0 Å². The summed E-state index contributed by atoms with van der Waals surface area (Å²) in [5.41, 5.74) is 2.32. The van der Waals surface area contributed by atoms with Gasteiger partial charge >= 0.3 is 0 Å². The fraction of sp³-hybridized carbons (Fsp3) is 0.350. The van der Waals surface area contributed by atoms with Gasteiger partial charge in [0.15, 0.2) is 0 Å². The number of nitro benzene ring substituents is 1. The number of quaternary nitrogens is 1. The summed E-state index contributed by atoms with van der Waals surface area (Å²) in [6.07, 6.45) is 0. The van der Waals surface area contributed by atoms with E-state index in [0.717, 1.165) is 19.6 Å². The fourth-order valence-corrected chi connectivity index (χ4v) is 3.46. The number of nitrogens with one attached hydrogen (secondary N) is 1. The number of carbonyl (C=O) groups excluding carboxylic acids is 1. The van der Waals surface area contributed by atoms with Crippen LogP contribution in [0.5, 0.6) is 0 Å². The minimum absolute atomic E-state index is 0.0581. The summed E-state index contributed by atoms with van der Waals surface area (Å²) < 4.78 is 0. The van der Waals surface area contributed by atoms with Gasteiger partial charge < -0.3 is 14.7 Å². The van der Waals surface area contributed by atoms with Crippen molar-refractivity contribution in [2.75, 3.05) is 45.2 Å². The van der Waals surface area contributed by atoms with Crippen molar-refractivity contribution in [2.45, 2.75) is 6.54 Å². The van der Waals surface area contributed by atoms with Crippen molar-refractivity contribution in [3.8, 4) is 0 Å². The first-order valence-electron chi connectivity index (χ1n) is 9.08. The van der Waals surface area contributed by atoms with Crippen LogP contribution in [0.2, 0.25) is 0 Å². The Kier molecular flexibility index (Phi) is 5.71. The summed E-state index contributed by atoms with van der Waals surface area (Å²) in [6, 6.07) is 14.8. The Morgan fingerprint density at radius 3 is 2.41 bits per heavy atom. The number of nitrogens with zero attached hydrogens (tertiary/aromatic N) is 3. The first-order valence-corrected chi connectivity index (χ1v) is 9.08. The Morgan fingerprint density at radius 1 is 1.15 bits per heavy atom. The van der Waals surface area contributed by atoms with Crippen molar-refractivity contribution in [3.63, 3.8) is 0 Å². The number of nitro groups is 1. The minimum atomic E-state index is -0.460. The van der Waals surface area contributed by atoms with Gasteiger partial charge in [0.2, 0.25) is 0 Å². The van der Waals surface area contributed by atoms with Crippen molar-refractivity contribution in [1.29, 1.82) is 0 Å². The quantitative estimate of drug-likeness (QED) is 0.635. The topological polar surface area (TPSA) is 71.1 Å². The maximum absolute atomic E-state index is 13.0. The molecular weight excluding hydrogens is 344 g/mol. The molecule has 2 aromatic rings. The number of hydrogen-bond donors (Lipinski definition) is 1. The molecule has 1 saturated heterocycles. The van der Waals surface area contributed by atoms with Crippen molar-refractivity contribution in [3.05, 3.63) is 69.8 Å². The number of anilines is 1. The summed E-state index contributed by atoms with van der Waals surface area (Å²) in [4.78, 5) is 28.7. The van der Waals surface area contributed by atoms with Gasteiger partial charge in [-0.05, 0) is 6.07 Å². The van der Waals surface area contributed by atoms with Gasteiger partial charge in [0.25, 0.3) is 11.6 Å². The van der Waals surface area contributed by atoms with Crippen molar-refractivity contribution in [1.82, 2.24) is 4.90 Å². The number of rotatable bonds is 5. The highest BCUT2D eigenvalue weighted by Crippen LogP contribution is 2.25. The Bertz CT molecular complexity index is 815. The van der Waals surface area contributed by atoms with Crippen LogP contribution in [0, 0.1) is 10.1 Å². The van der Waals surface area contributed by atoms with E-state index in [-0.39, 0.29) is 11.6 Å². The Hall–Kier alpha value is -2.93. The molecular formula is C20H25N4O3+. The van der Waals surface area contributed by atoms with Crippen LogP contribution < -0.4 is 9.80 Å². The highest BCUT2D eigenvalue weighted by molar-refractivity contribution is 6.00. The molecule has 1 N–H and O–H groups in total. The van der Waals surface area contributed by atoms with E-state index < -0.39 is 4.92 Å². The Balaban J connectivity index is 1.70. The van der Waals surface area contributed by atoms with Crippen LogP contribution in [0.4, 0.5) is 11.4 Å². The number of benzene rings is 2. The molecule has 142 valence electrons. The van der Waals surface area contributed by atoms with Gasteiger partial charge in [-0.2, -0.15) is 0 Å². The number of carbonyl (C=O) groups is 1. The van der Waals surface area contributed by atoms with E-state index in [2.05, 4.69) is 12.1 Å². The summed E-state index contributed by atoms with van der Waals surface area (Å²) >= 11 is 0. The lowest BCUT2D eigenvalue weighted by Gasteiger charge is -2.33. The molecule has 0 radical (unpaired) electrons. The highest BCUT2D eigenvalue weighted by atomic mass is 16.6. The number of hydrogen-bond acceptors (Lipinski definition) is 4. The molecule has 1 fully saturated rings. The lowest BCUT2D eigenvalue weighted by atomic mass is 10.1. The maximum Gasteiger partial charge on any atom is 0.270 e. The molecule has 0 bridgehead atoms. The molecule has 1 amide bonds. The van der Waals surface area contributed by atoms with Gasteiger partial charge in [-0.1, -0.05) is 30.3 Å². The van der Waals surface area contributed by atoms with E-state index in [1.165, 1.54) is 22.6 Å². The monoisotopic (exact) mass is 369 g/mol. The molecule has 3 rings (SSSR count). The van der Waals surface area contributed by atoms with Crippen LogP contribution in [0.25, 0.3) is 0 Å². The predicted octanol–water partition coefficient (Wildman–Crippen LogP) is 1.20. The lowest BCUT2D eigenvalue weighted by Crippen LogP contribution is -3.13. The molecule has 0 spiro atoms. The molecule has 1 aliphatic rings. The van der Waals surface area contributed by atoms with E-state index in [4.69, 9.17) is 0 Å². The summed E-state index contributed by atoms with van der Waals surface area (Å²) in [6.45, 7) is 3.98. The second-order valence-electron chi connectivity index (χ2n) is 7.06. The van der Waals surface area contributed by atoms with Gasteiger partial charge in [-0.3, -0.25) is 14.9 Å². The molecule has 0 atom stereocenters. The van der Waals surface area contributed by atoms with Gasteiger partial charge in [0.1, 0.15) is 6.54 Å². The average Bonchev–Trinajstić information content (AvgIpc) is 2.68. The fourth-order valence-electron chi connectivity index (χ4n) is 3.46. The zero-order valence-electron chi connectivity index (χ0n) is 15.7. The second-order valence-corrected chi connectivity index (χ2v) is 7.06. The van der Waals surface area contributed by atoms with Gasteiger partial charge in [-0.15, -0.1) is 0 Å². The van der Waals surface area contributed by atoms with E-state index in [0.29, 0.717) is 24.3 Å². The average molecular weight is 369 g/mol. The highest BCUT2D eigenvalue weighted by Gasteiger charge is 2.27. The van der Waals surface area contributed by atoms with Crippen molar-refractivity contribution >= 4 is 17.3 Å². The zero-order valence-corrected chi connectivity index (χ0v) is 15.7. The largest absolute Gasteiger partial charge is 0.377 e. The zero-order chi connectivity index (χ0) is 19.4. The number of amides is 1. The summed E-state index contributed by atoms with van der Waals surface area (Å²) in [5, 5.41) is 11.1. The third-order valence-corrected chi connectivity index (χ3v) is 4.96. The molecule has 0 aromatic heterocycles. The molecule has 27 heavy (non-hydrogen) atoms. The number of non-ortho nitro benzene ring substituents is 1. The second kappa shape index (κ2) is 8.18. The first-order chi connectivity index (χ1) is 13.0. The van der Waals surface area contributed by atoms with E-state index in [1.54, 1.807) is 11.0 Å². The van der Waals surface area contributed by atoms with E-state index in [9.17, 15) is 14.9 Å². The molecule has 1 aliphatic heterocycles. The summed E-state index contributed by atoms with van der Waals surface area (Å²) in [5.74, 6) is -0.138. The van der Waals surface area contributed by atoms with Crippen LogP contribution in [0.1, 0.15) is 15.9 Å². The predicted molar refractivity (Wildman–Crippen MR) is 104 cm³/mol. The van der Waals surface area contributed by atoms with Gasteiger partial charge in [0, 0.05) is 37.5 Å². The first kappa shape index (κ1) is 18.8. The van der Waals surface area contributed by atoms with Crippen molar-refractivity contribution in [2.24, 2.45) is 0 Å². The van der Waals surface area contributed by atoms with Gasteiger partial charge in [-0.25, -0.2) is 0 Å². The third kappa shape index (κ3) is 4.43. The third-order valence-electron chi connectivity index (χ3n) is 4.96. The minimum Gasteiger partial charge on any atom is -0.377 e. The van der Waals surface area contributed by atoms with Crippen molar-refractivity contribution < 1.29 is 14.6 Å². The SMILES string of the molecule is CN(C)c1ccc([N+](=O)[O-])cc1C(=O)N1CC[NH+](Cc2ccccc2)CC1. The number of piperazine rings is 1. The molecule has 0 aliphatic carbocycles. The van der Waals surface area contributed by atoms with Crippen LogP contribution in [0.15, 0.2) is 48.5 Å². The maximum atomic E-state index is 13.0. The van der Waals surface area contributed by atoms with Crippen LogP contribution in [0.3, 0.4) is 0 Å². The lowest BCUT2D eigenvalue weighted by molar-refractivity contribution is -0.917. The van der Waals surface area contributed by atoms with E-state index >= 15 is 0 Å². The van der Waals surface area contributed by atoms with Gasteiger partial charge in [0.05, 0.1) is 36.7 Å². The normalized spacial score (nSPS) is 14.8. The molecule has 1 heterocycles. The molecule has 0 unspecified atom stereocenters.